The van der Waals surface area contributed by atoms with Crippen molar-refractivity contribution >= 4 is 84.8 Å². The number of rotatable bonds is 21. The molecule has 0 saturated carbocycles. The normalized spacial score (nSPS) is 18.1. The maximum absolute atomic E-state index is 14.2. The maximum Gasteiger partial charge on any atom is 0.293 e. The molecule has 3 fully saturated rings. The number of ether oxygens (including phenoxy) is 1. The number of nitro benzene ring substituents is 1. The number of hydrogen-bond donors (Lipinski definition) is 4. The van der Waals surface area contributed by atoms with E-state index in [9.17, 15) is 42.5 Å². The van der Waals surface area contributed by atoms with E-state index in [2.05, 4.69) is 72.9 Å². The minimum absolute atomic E-state index is 0.0672. The van der Waals surface area contributed by atoms with Crippen molar-refractivity contribution in [2.45, 2.75) is 121 Å². The van der Waals surface area contributed by atoms with Gasteiger partial charge in [0.25, 0.3) is 27.5 Å². The van der Waals surface area contributed by atoms with E-state index >= 15 is 0 Å². The molecular weight excluding hydrogens is 1180 g/mol. The number of carbonyl (C=O) groups is 5. The molecule has 0 bridgehead atoms. The summed E-state index contributed by atoms with van der Waals surface area (Å²) >= 11 is 6.27. The molecule has 22 heteroatoms. The number of aromatic nitrogens is 2. The van der Waals surface area contributed by atoms with Crippen LogP contribution in [0.3, 0.4) is 0 Å². The zero-order valence-electron chi connectivity index (χ0n) is 50.8. The van der Waals surface area contributed by atoms with Crippen molar-refractivity contribution in [3.05, 3.63) is 152 Å². The molecule has 0 radical (unpaired) electrons. The lowest BCUT2D eigenvalue weighted by Crippen LogP contribution is -2.52. The first-order chi connectivity index (χ1) is 43.3. The van der Waals surface area contributed by atoms with E-state index in [-0.39, 0.29) is 59.0 Å². The second-order valence-corrected chi connectivity index (χ2v) is 27.1. The molecule has 6 aromatic rings. The highest BCUT2D eigenvalue weighted by atomic mass is 35.5. The number of fused-ring (bicyclic) bond motifs is 2. The van der Waals surface area contributed by atoms with E-state index in [1.807, 2.05) is 29.2 Å². The quantitative estimate of drug-likeness (QED) is 0.0172. The summed E-state index contributed by atoms with van der Waals surface area (Å²) in [6, 6.07) is 25.0. The van der Waals surface area contributed by atoms with Crippen LogP contribution in [0.4, 0.5) is 17.1 Å². The second kappa shape index (κ2) is 27.7. The van der Waals surface area contributed by atoms with Gasteiger partial charge in [-0.15, -0.1) is 0 Å². The van der Waals surface area contributed by atoms with Crippen molar-refractivity contribution in [1.82, 2.24) is 34.7 Å². The fraction of sp³-hybridized carbons (Fsp3) is 0.412. The number of piperazine rings is 1. The van der Waals surface area contributed by atoms with Crippen LogP contribution >= 0.6 is 11.6 Å². The number of unbranched alkanes of at least 4 members (excludes halogenated alkanes) is 5. The number of aromatic amines is 1. The smallest absolute Gasteiger partial charge is 0.293 e. The van der Waals surface area contributed by atoms with Gasteiger partial charge in [0.1, 0.15) is 28.9 Å². The minimum atomic E-state index is -4.65. The fourth-order valence-corrected chi connectivity index (χ4v) is 14.0. The summed E-state index contributed by atoms with van der Waals surface area (Å²) in [7, 11) is -4.65. The molecule has 5 aliphatic rings. The number of anilines is 2. The average molecular weight is 1260 g/mol. The van der Waals surface area contributed by atoms with Gasteiger partial charge < -0.3 is 29.7 Å². The van der Waals surface area contributed by atoms with Gasteiger partial charge in [-0.1, -0.05) is 80.3 Å². The first kappa shape index (κ1) is 63.0. The number of pyridine rings is 1. The number of hydrogen-bond acceptors (Lipinski definition) is 14. The number of nitrogens with one attached hydrogen (secondary N) is 4. The van der Waals surface area contributed by atoms with Gasteiger partial charge in [-0.2, -0.15) is 0 Å². The van der Waals surface area contributed by atoms with Crippen LogP contribution in [0, 0.1) is 33.3 Å². The van der Waals surface area contributed by atoms with E-state index in [4.69, 9.17) is 16.3 Å². The molecule has 4 aromatic carbocycles. The topological polar surface area (TPSA) is 250 Å². The Morgan fingerprint density at radius 3 is 2.44 bits per heavy atom. The molecule has 2 aromatic heterocycles. The molecule has 90 heavy (non-hydrogen) atoms. The monoisotopic (exact) mass is 1260 g/mol. The Bertz CT molecular complexity index is 3950. The number of nitro groups is 1. The van der Waals surface area contributed by atoms with E-state index in [1.165, 1.54) is 46.0 Å². The van der Waals surface area contributed by atoms with Crippen LogP contribution in [0.5, 0.6) is 11.5 Å². The number of allylic oxidation sites excluding steroid dienone is 1. The van der Waals surface area contributed by atoms with Crippen LogP contribution < -0.4 is 25.0 Å². The van der Waals surface area contributed by atoms with Crippen molar-refractivity contribution in [3.63, 3.8) is 0 Å². The molecule has 5 amide bonds. The number of H-pyrrole nitrogens is 1. The number of nitrogens with zero attached hydrogens (tertiary/aromatic N) is 6. The Balaban J connectivity index is 0.642. The van der Waals surface area contributed by atoms with Crippen LogP contribution in [0.1, 0.15) is 141 Å². The maximum atomic E-state index is 14.2. The lowest BCUT2D eigenvalue weighted by molar-refractivity contribution is -0.384. The van der Waals surface area contributed by atoms with Crippen LogP contribution in [-0.2, 0) is 31.0 Å². The van der Waals surface area contributed by atoms with Gasteiger partial charge in [-0.25, -0.2) is 18.1 Å². The van der Waals surface area contributed by atoms with Crippen molar-refractivity contribution in [1.29, 1.82) is 0 Å². The lowest BCUT2D eigenvalue weighted by Gasteiger charge is -2.39. The van der Waals surface area contributed by atoms with Gasteiger partial charge in [0.05, 0.1) is 21.6 Å². The lowest BCUT2D eigenvalue weighted by atomic mass is 9.72. The van der Waals surface area contributed by atoms with Crippen LogP contribution in [0.25, 0.3) is 16.6 Å². The summed E-state index contributed by atoms with van der Waals surface area (Å²) in [5.41, 5.74) is 7.40. The number of sulfonamides is 1. The molecule has 1 unspecified atom stereocenters. The molecule has 3 saturated heterocycles. The van der Waals surface area contributed by atoms with Crippen molar-refractivity contribution < 1.29 is 42.1 Å². The van der Waals surface area contributed by atoms with Crippen molar-refractivity contribution in [3.8, 4) is 23.3 Å². The second-order valence-electron chi connectivity index (χ2n) is 24.9. The first-order valence-electron chi connectivity index (χ1n) is 31.2. The van der Waals surface area contributed by atoms with E-state index in [0.717, 1.165) is 99.3 Å². The van der Waals surface area contributed by atoms with Crippen LogP contribution in [-0.4, -0.2) is 126 Å². The van der Waals surface area contributed by atoms with Crippen LogP contribution in [0.2, 0.25) is 5.02 Å². The van der Waals surface area contributed by atoms with Gasteiger partial charge in [-0.05, 0) is 140 Å². The highest BCUT2D eigenvalue weighted by Gasteiger charge is 2.40. The SMILES string of the molecule is CC1(C)CCC(CN2CCN(c3ccc(C(=O)NS(=O)(=O)c4ccc(NCC5CCN(C(=O)CCCCCCCC#Cc6cccc7c6CN(C6CCC(=O)NC6=O)C7=O)CC5)c([N+](=O)[O-])c4)c(Oc4cnc5[nH]ccc5c4)c3)CC2)=C(c2ccc(Cl)cc2)C1. The standard InChI is InChI=1S/C68H75ClN10O10S/c1-68(2)29-25-49(56(40-68)47-15-17-50(69)18-16-47)43-75-33-35-76(36-34-75)51-19-21-55(61(38-51)89-52-37-48-26-30-70-64(48)72-42-52)65(82)74-90(87,88)53-20-22-58(60(39-53)79(85)86)71-41-45-27-31-77(32-28-45)63(81)14-9-7-5-3-4-6-8-11-46-12-10-13-54-57(46)44-78(67(54)84)59-23-24-62(80)73-66(59)83/h10,12-13,15-22,26,30,37-39,42,45,59,71H,3-7,9,14,23-25,27-29,31-36,40-41,43-44H2,1-2H3,(H,70,72)(H,74,82)(H,73,80,83). The molecule has 6 heterocycles. The number of halogens is 1. The van der Waals surface area contributed by atoms with E-state index in [0.29, 0.717) is 86.8 Å². The number of benzene rings is 4. The molecule has 470 valence electrons. The predicted molar refractivity (Wildman–Crippen MR) is 344 cm³/mol. The van der Waals surface area contributed by atoms with E-state index in [1.54, 1.807) is 36.5 Å². The highest BCUT2D eigenvalue weighted by Crippen LogP contribution is 2.44. The third kappa shape index (κ3) is 15.0. The summed E-state index contributed by atoms with van der Waals surface area (Å²) in [4.78, 5) is 91.6. The van der Waals surface area contributed by atoms with Crippen LogP contribution in [0.15, 0.2) is 114 Å². The third-order valence-electron chi connectivity index (χ3n) is 18.1. The third-order valence-corrected chi connectivity index (χ3v) is 19.7. The molecule has 20 nitrogen and oxygen atoms in total. The Morgan fingerprint density at radius 2 is 1.67 bits per heavy atom. The highest BCUT2D eigenvalue weighted by molar-refractivity contribution is 7.90. The molecular formula is C68H75ClN10O10S. The minimum Gasteiger partial charge on any atom is -0.455 e. The Hall–Kier alpha value is -8.58. The zero-order chi connectivity index (χ0) is 63.1. The number of piperidine rings is 2. The molecule has 11 rings (SSSR count). The average Bonchev–Trinajstić information content (AvgIpc) is 2.28. The van der Waals surface area contributed by atoms with Gasteiger partial charge in [0.2, 0.25) is 17.7 Å². The number of amides is 5. The molecule has 4 aliphatic heterocycles. The Labute approximate surface area is 529 Å². The van der Waals surface area contributed by atoms with Gasteiger partial charge in [0, 0.05) is 124 Å². The Kier molecular flexibility index (Phi) is 19.4. The molecule has 1 aliphatic carbocycles. The van der Waals surface area contributed by atoms with E-state index < -0.39 is 43.4 Å². The summed E-state index contributed by atoms with van der Waals surface area (Å²) in [6.07, 6.45) is 13.9. The summed E-state index contributed by atoms with van der Waals surface area (Å²) < 4.78 is 36.5. The number of likely N-dealkylation sites (tertiary alicyclic amines) is 1. The molecule has 4 N–H and O–H groups in total. The fourth-order valence-electron chi connectivity index (χ4n) is 12.9. The number of imide groups is 1. The Morgan fingerprint density at radius 1 is 0.889 bits per heavy atom. The predicted octanol–water partition coefficient (Wildman–Crippen LogP) is 11.0. The first-order valence-corrected chi connectivity index (χ1v) is 33.0. The van der Waals surface area contributed by atoms with Crippen molar-refractivity contribution in [2.75, 3.05) is 62.6 Å². The van der Waals surface area contributed by atoms with Crippen molar-refractivity contribution in [2.24, 2.45) is 11.3 Å². The summed E-state index contributed by atoms with van der Waals surface area (Å²) in [5.74, 6) is 5.13. The summed E-state index contributed by atoms with van der Waals surface area (Å²) in [6.45, 7) is 10.3. The largest absolute Gasteiger partial charge is 0.455 e. The molecule has 0 spiro atoms. The summed E-state index contributed by atoms with van der Waals surface area (Å²) in [5, 5.41) is 19.4. The van der Waals surface area contributed by atoms with Gasteiger partial charge >= 0.3 is 0 Å². The van der Waals surface area contributed by atoms with Gasteiger partial charge in [0.15, 0.2) is 0 Å². The number of carbonyl (C=O) groups excluding carboxylic acids is 5. The molecule has 1 atom stereocenters. The zero-order valence-corrected chi connectivity index (χ0v) is 52.4. The van der Waals surface area contributed by atoms with Gasteiger partial charge in [-0.3, -0.25) is 44.3 Å².